The van der Waals surface area contributed by atoms with E-state index < -0.39 is 5.82 Å². The van der Waals surface area contributed by atoms with E-state index in [1.54, 1.807) is 23.0 Å². The fraction of sp³-hybridized carbons (Fsp3) is 0.333. The predicted molar refractivity (Wildman–Crippen MR) is 81.1 cm³/mol. The minimum absolute atomic E-state index is 0.121. The molecule has 0 radical (unpaired) electrons. The van der Waals surface area contributed by atoms with E-state index >= 15 is 0 Å². The highest BCUT2D eigenvalue weighted by atomic mass is 19.1. The van der Waals surface area contributed by atoms with Crippen LogP contribution in [0.25, 0.3) is 0 Å². The zero-order valence-electron chi connectivity index (χ0n) is 12.4. The van der Waals surface area contributed by atoms with Crippen LogP contribution in [0.5, 0.6) is 0 Å². The molecule has 0 unspecified atom stereocenters. The van der Waals surface area contributed by atoms with Gasteiger partial charge in [0.05, 0.1) is 17.4 Å². The Morgan fingerprint density at radius 1 is 1.38 bits per heavy atom. The molecule has 2 N–H and O–H groups in total. The maximum absolute atomic E-state index is 13.8. The van der Waals surface area contributed by atoms with Gasteiger partial charge in [0.25, 0.3) is 5.91 Å². The number of halogens is 1. The van der Waals surface area contributed by atoms with Crippen LogP contribution < -0.4 is 10.6 Å². The van der Waals surface area contributed by atoms with Crippen LogP contribution in [0.4, 0.5) is 15.9 Å². The van der Waals surface area contributed by atoms with Crippen molar-refractivity contribution < 1.29 is 9.18 Å². The molecule has 0 saturated carbocycles. The molecule has 112 valence electrons. The third-order valence-corrected chi connectivity index (χ3v) is 3.01. The number of carbonyl (C=O) groups excluding carboxylic acids is 1. The molecule has 2 rings (SSSR count). The molecule has 1 amide bonds. The SMILES string of the molecule is CCNc1c(F)cccc1C(=O)Nc1ccnn1C(C)C. The highest BCUT2D eigenvalue weighted by Crippen LogP contribution is 2.22. The Labute approximate surface area is 123 Å². The summed E-state index contributed by atoms with van der Waals surface area (Å²) in [5, 5.41) is 9.80. The number of nitrogens with zero attached hydrogens (tertiary/aromatic N) is 2. The quantitative estimate of drug-likeness (QED) is 0.888. The minimum Gasteiger partial charge on any atom is -0.382 e. The van der Waals surface area contributed by atoms with Crippen molar-refractivity contribution >= 4 is 17.4 Å². The first-order valence-corrected chi connectivity index (χ1v) is 6.91. The number of amides is 1. The number of para-hydroxylation sites is 1. The number of hydrogen-bond acceptors (Lipinski definition) is 3. The summed E-state index contributed by atoms with van der Waals surface area (Å²) in [4.78, 5) is 12.4. The van der Waals surface area contributed by atoms with Crippen LogP contribution in [-0.2, 0) is 0 Å². The summed E-state index contributed by atoms with van der Waals surface area (Å²) in [6.45, 7) is 6.32. The maximum Gasteiger partial charge on any atom is 0.259 e. The summed E-state index contributed by atoms with van der Waals surface area (Å²) in [5.41, 5.74) is 0.487. The topological polar surface area (TPSA) is 59.0 Å². The molecule has 0 atom stereocenters. The van der Waals surface area contributed by atoms with Gasteiger partial charge in [0.1, 0.15) is 11.6 Å². The molecule has 1 aromatic heterocycles. The van der Waals surface area contributed by atoms with Crippen molar-refractivity contribution in [2.45, 2.75) is 26.8 Å². The lowest BCUT2D eigenvalue weighted by atomic mass is 10.1. The minimum atomic E-state index is -0.443. The third-order valence-electron chi connectivity index (χ3n) is 3.01. The van der Waals surface area contributed by atoms with Crippen molar-refractivity contribution in [2.24, 2.45) is 0 Å². The van der Waals surface area contributed by atoms with E-state index in [1.165, 1.54) is 12.1 Å². The van der Waals surface area contributed by atoms with E-state index in [4.69, 9.17) is 0 Å². The summed E-state index contributed by atoms with van der Waals surface area (Å²) in [6, 6.07) is 6.27. The smallest absolute Gasteiger partial charge is 0.259 e. The summed E-state index contributed by atoms with van der Waals surface area (Å²) in [6.07, 6.45) is 1.62. The molecule has 0 spiro atoms. The average molecular weight is 290 g/mol. The lowest BCUT2D eigenvalue weighted by Crippen LogP contribution is -2.19. The van der Waals surface area contributed by atoms with Crippen molar-refractivity contribution in [2.75, 3.05) is 17.2 Å². The van der Waals surface area contributed by atoms with Gasteiger partial charge < -0.3 is 10.6 Å². The molecule has 5 nitrogen and oxygen atoms in total. The van der Waals surface area contributed by atoms with Gasteiger partial charge in [-0.05, 0) is 32.9 Å². The van der Waals surface area contributed by atoms with Crippen LogP contribution in [0, 0.1) is 5.82 Å². The van der Waals surface area contributed by atoms with Gasteiger partial charge in [-0.1, -0.05) is 6.07 Å². The van der Waals surface area contributed by atoms with Crippen molar-refractivity contribution in [1.29, 1.82) is 0 Å². The summed E-state index contributed by atoms with van der Waals surface area (Å²) in [7, 11) is 0. The molecule has 0 aliphatic heterocycles. The van der Waals surface area contributed by atoms with Gasteiger partial charge in [0.2, 0.25) is 0 Å². The van der Waals surface area contributed by atoms with E-state index in [9.17, 15) is 9.18 Å². The Balaban J connectivity index is 2.28. The van der Waals surface area contributed by atoms with Crippen LogP contribution in [0.15, 0.2) is 30.5 Å². The third kappa shape index (κ3) is 3.21. The highest BCUT2D eigenvalue weighted by Gasteiger charge is 2.16. The molecule has 2 aromatic rings. The van der Waals surface area contributed by atoms with Crippen LogP contribution >= 0.6 is 0 Å². The average Bonchev–Trinajstić information content (AvgIpc) is 2.89. The van der Waals surface area contributed by atoms with Crippen molar-refractivity contribution in [1.82, 2.24) is 9.78 Å². The second kappa shape index (κ2) is 6.39. The van der Waals surface area contributed by atoms with E-state index in [2.05, 4.69) is 15.7 Å². The Kier molecular flexibility index (Phi) is 4.57. The number of anilines is 2. The molecular formula is C15H19FN4O. The molecule has 21 heavy (non-hydrogen) atoms. The lowest BCUT2D eigenvalue weighted by molar-refractivity contribution is 0.102. The molecular weight excluding hydrogens is 271 g/mol. The van der Waals surface area contributed by atoms with Gasteiger partial charge >= 0.3 is 0 Å². The summed E-state index contributed by atoms with van der Waals surface area (Å²) >= 11 is 0. The van der Waals surface area contributed by atoms with Crippen molar-refractivity contribution in [3.05, 3.63) is 41.8 Å². The first-order valence-electron chi connectivity index (χ1n) is 6.91. The molecule has 0 aliphatic rings. The molecule has 0 saturated heterocycles. The molecule has 1 heterocycles. The molecule has 0 fully saturated rings. The Hall–Kier alpha value is -2.37. The van der Waals surface area contributed by atoms with Gasteiger partial charge in [-0.15, -0.1) is 0 Å². The van der Waals surface area contributed by atoms with E-state index in [-0.39, 0.29) is 23.2 Å². The Morgan fingerprint density at radius 3 is 2.81 bits per heavy atom. The molecule has 0 bridgehead atoms. The number of hydrogen-bond donors (Lipinski definition) is 2. The summed E-state index contributed by atoms with van der Waals surface area (Å²) < 4.78 is 15.5. The number of nitrogens with one attached hydrogen (secondary N) is 2. The summed E-state index contributed by atoms with van der Waals surface area (Å²) in [5.74, 6) is -0.226. The van der Waals surface area contributed by atoms with Crippen LogP contribution in [0.3, 0.4) is 0 Å². The Bertz CT molecular complexity index is 636. The number of benzene rings is 1. The normalized spacial score (nSPS) is 10.7. The first kappa shape index (κ1) is 15.0. The van der Waals surface area contributed by atoms with Crippen LogP contribution in [0.2, 0.25) is 0 Å². The molecule has 1 aromatic carbocycles. The zero-order chi connectivity index (χ0) is 15.4. The fourth-order valence-electron chi connectivity index (χ4n) is 2.08. The van der Waals surface area contributed by atoms with Gasteiger partial charge in [-0.25, -0.2) is 9.07 Å². The lowest BCUT2D eigenvalue weighted by Gasteiger charge is -2.14. The monoisotopic (exact) mass is 290 g/mol. The van der Waals surface area contributed by atoms with Gasteiger partial charge in [-0.2, -0.15) is 5.10 Å². The van der Waals surface area contributed by atoms with E-state index in [1.807, 2.05) is 20.8 Å². The van der Waals surface area contributed by atoms with E-state index in [0.29, 0.717) is 12.4 Å². The number of rotatable bonds is 5. The molecule has 0 aliphatic carbocycles. The van der Waals surface area contributed by atoms with E-state index in [0.717, 1.165) is 0 Å². The van der Waals surface area contributed by atoms with Gasteiger partial charge in [0.15, 0.2) is 0 Å². The van der Waals surface area contributed by atoms with Crippen LogP contribution in [0.1, 0.15) is 37.2 Å². The Morgan fingerprint density at radius 2 is 2.14 bits per heavy atom. The maximum atomic E-state index is 13.8. The van der Waals surface area contributed by atoms with Gasteiger partial charge in [-0.3, -0.25) is 4.79 Å². The zero-order valence-corrected chi connectivity index (χ0v) is 12.4. The largest absolute Gasteiger partial charge is 0.382 e. The second-order valence-electron chi connectivity index (χ2n) is 4.90. The highest BCUT2D eigenvalue weighted by molar-refractivity contribution is 6.07. The molecule has 6 heteroatoms. The second-order valence-corrected chi connectivity index (χ2v) is 4.90. The fourth-order valence-corrected chi connectivity index (χ4v) is 2.08. The number of carbonyl (C=O) groups is 1. The van der Waals surface area contributed by atoms with Crippen molar-refractivity contribution in [3.8, 4) is 0 Å². The van der Waals surface area contributed by atoms with Crippen molar-refractivity contribution in [3.63, 3.8) is 0 Å². The predicted octanol–water partition coefficient (Wildman–Crippen LogP) is 3.29. The van der Waals surface area contributed by atoms with Gasteiger partial charge in [0, 0.05) is 18.7 Å². The standard InChI is InChI=1S/C15H19FN4O/c1-4-17-14-11(6-5-7-12(14)16)15(21)19-13-8-9-18-20(13)10(2)3/h5-10,17H,4H2,1-3H3,(H,19,21). The first-order chi connectivity index (χ1) is 10.0. The number of aromatic nitrogens is 2. The van der Waals surface area contributed by atoms with Crippen LogP contribution in [-0.4, -0.2) is 22.2 Å².